The maximum absolute atomic E-state index is 10.4. The standard InChI is InChI=1S/C9H15NO3/c1-8(2)7-3-5-9(8,6-4-7)13-10(11)12/h7H,3-6H2,1-2H3. The molecule has 0 spiro atoms. The average Bonchev–Trinajstić information content (AvgIpc) is 2.36. The van der Waals surface area contributed by atoms with E-state index in [0.29, 0.717) is 5.92 Å². The van der Waals surface area contributed by atoms with Crippen LogP contribution in [0.2, 0.25) is 0 Å². The summed E-state index contributed by atoms with van der Waals surface area (Å²) in [5.74, 6) is 0.618. The Morgan fingerprint density at radius 3 is 2.23 bits per heavy atom. The van der Waals surface area contributed by atoms with Crippen LogP contribution in [0.25, 0.3) is 0 Å². The molecule has 0 heterocycles. The van der Waals surface area contributed by atoms with Gasteiger partial charge in [0.15, 0.2) is 0 Å². The van der Waals surface area contributed by atoms with Gasteiger partial charge < -0.3 is 4.84 Å². The molecular weight excluding hydrogens is 170 g/mol. The summed E-state index contributed by atoms with van der Waals surface area (Å²) >= 11 is 0. The number of rotatable bonds is 2. The van der Waals surface area contributed by atoms with Crippen molar-refractivity contribution in [3.8, 4) is 0 Å². The van der Waals surface area contributed by atoms with Gasteiger partial charge in [0, 0.05) is 0 Å². The summed E-state index contributed by atoms with van der Waals surface area (Å²) in [5.41, 5.74) is -0.485. The second-order valence-corrected chi connectivity index (χ2v) is 4.81. The molecule has 2 aliphatic rings. The lowest BCUT2D eigenvalue weighted by molar-refractivity contribution is -0.784. The molecule has 0 unspecified atom stereocenters. The summed E-state index contributed by atoms with van der Waals surface area (Å²) in [6.45, 7) is 4.20. The zero-order valence-corrected chi connectivity index (χ0v) is 8.08. The Balaban J connectivity index is 2.26. The van der Waals surface area contributed by atoms with Crippen LogP contribution in [-0.4, -0.2) is 10.7 Å². The number of nitrogens with zero attached hydrogens (tertiary/aromatic N) is 1. The van der Waals surface area contributed by atoms with Gasteiger partial charge in [0.25, 0.3) is 5.09 Å². The molecule has 4 heteroatoms. The Bertz CT molecular complexity index is 241. The summed E-state index contributed by atoms with van der Waals surface area (Å²) in [7, 11) is 0. The number of hydrogen-bond donors (Lipinski definition) is 0. The van der Waals surface area contributed by atoms with Crippen LogP contribution in [0.3, 0.4) is 0 Å². The Kier molecular flexibility index (Phi) is 1.60. The zero-order chi connectivity index (χ0) is 9.69. The number of fused-ring (bicyclic) bond motifs is 2. The van der Waals surface area contributed by atoms with Crippen molar-refractivity contribution in [1.82, 2.24) is 0 Å². The van der Waals surface area contributed by atoms with E-state index in [1.807, 2.05) is 0 Å². The predicted molar refractivity (Wildman–Crippen MR) is 46.5 cm³/mol. The minimum absolute atomic E-state index is 0.0138. The Hall–Kier alpha value is -0.800. The van der Waals surface area contributed by atoms with Crippen LogP contribution in [0.5, 0.6) is 0 Å². The van der Waals surface area contributed by atoms with E-state index in [0.717, 1.165) is 25.7 Å². The fourth-order valence-electron chi connectivity index (χ4n) is 3.17. The van der Waals surface area contributed by atoms with Gasteiger partial charge in [0.05, 0.1) is 0 Å². The molecule has 0 aromatic heterocycles. The van der Waals surface area contributed by atoms with Crippen molar-refractivity contribution in [2.45, 2.75) is 45.1 Å². The van der Waals surface area contributed by atoms with Crippen LogP contribution in [0.1, 0.15) is 39.5 Å². The van der Waals surface area contributed by atoms with E-state index in [9.17, 15) is 10.1 Å². The van der Waals surface area contributed by atoms with E-state index >= 15 is 0 Å². The normalized spacial score (nSPS) is 40.6. The van der Waals surface area contributed by atoms with Crippen molar-refractivity contribution in [2.24, 2.45) is 11.3 Å². The van der Waals surface area contributed by atoms with Gasteiger partial charge in [0.1, 0.15) is 5.60 Å². The molecule has 0 aromatic rings. The van der Waals surface area contributed by atoms with Crippen molar-refractivity contribution in [2.75, 3.05) is 0 Å². The smallest absolute Gasteiger partial charge is 0.295 e. The van der Waals surface area contributed by atoms with Crippen LogP contribution in [0.15, 0.2) is 0 Å². The molecule has 0 N–H and O–H groups in total. The predicted octanol–water partition coefficient (Wildman–Crippen LogP) is 2.16. The Morgan fingerprint density at radius 2 is 1.92 bits per heavy atom. The van der Waals surface area contributed by atoms with Gasteiger partial charge in [-0.3, -0.25) is 0 Å². The van der Waals surface area contributed by atoms with E-state index < -0.39 is 10.7 Å². The summed E-state index contributed by atoms with van der Waals surface area (Å²) in [6.07, 6.45) is 3.87. The first-order valence-electron chi connectivity index (χ1n) is 4.81. The van der Waals surface area contributed by atoms with Crippen LogP contribution in [-0.2, 0) is 4.84 Å². The monoisotopic (exact) mass is 185 g/mol. The summed E-state index contributed by atoms with van der Waals surface area (Å²) in [4.78, 5) is 15.3. The van der Waals surface area contributed by atoms with Gasteiger partial charge in [-0.2, -0.15) is 0 Å². The molecule has 2 rings (SSSR count). The van der Waals surface area contributed by atoms with E-state index in [4.69, 9.17) is 4.84 Å². The highest BCUT2D eigenvalue weighted by Gasteiger charge is 2.61. The van der Waals surface area contributed by atoms with Crippen molar-refractivity contribution >= 4 is 0 Å². The summed E-state index contributed by atoms with van der Waals surface area (Å²) in [5, 5.41) is 9.79. The minimum Gasteiger partial charge on any atom is -0.307 e. The first-order chi connectivity index (χ1) is 5.98. The topological polar surface area (TPSA) is 52.4 Å². The zero-order valence-electron chi connectivity index (χ0n) is 8.08. The molecule has 74 valence electrons. The molecule has 2 aliphatic carbocycles. The Morgan fingerprint density at radius 1 is 1.38 bits per heavy atom. The maximum atomic E-state index is 10.4. The van der Waals surface area contributed by atoms with Crippen molar-refractivity contribution in [3.05, 3.63) is 10.1 Å². The molecule has 2 saturated carbocycles. The second kappa shape index (κ2) is 2.36. The van der Waals surface area contributed by atoms with Gasteiger partial charge in [-0.05, 0) is 37.0 Å². The van der Waals surface area contributed by atoms with Crippen LogP contribution in [0.4, 0.5) is 0 Å². The van der Waals surface area contributed by atoms with E-state index in [1.54, 1.807) is 0 Å². The third-order valence-corrected chi connectivity index (χ3v) is 4.24. The summed E-state index contributed by atoms with van der Waals surface area (Å²) in [6, 6.07) is 0. The fraction of sp³-hybridized carbons (Fsp3) is 1.00. The SMILES string of the molecule is CC1(C)C2CCC1(O[N+](=O)[O-])CC2. The first kappa shape index (κ1) is 8.78. The van der Waals surface area contributed by atoms with Crippen molar-refractivity contribution in [3.63, 3.8) is 0 Å². The quantitative estimate of drug-likeness (QED) is 0.489. The van der Waals surface area contributed by atoms with Crippen LogP contribution in [0, 0.1) is 21.4 Å². The lowest BCUT2D eigenvalue weighted by atomic mass is 9.79. The highest BCUT2D eigenvalue weighted by molar-refractivity contribution is 5.09. The number of hydrogen-bond acceptors (Lipinski definition) is 3. The molecule has 0 atom stereocenters. The molecule has 2 fully saturated rings. The molecule has 0 aromatic carbocycles. The first-order valence-corrected chi connectivity index (χ1v) is 4.81. The van der Waals surface area contributed by atoms with Crippen LogP contribution >= 0.6 is 0 Å². The summed E-state index contributed by atoms with van der Waals surface area (Å²) < 4.78 is 0. The highest BCUT2D eigenvalue weighted by atomic mass is 17.0. The molecule has 0 amide bonds. The molecule has 4 nitrogen and oxygen atoms in total. The van der Waals surface area contributed by atoms with Gasteiger partial charge in [-0.15, -0.1) is 10.1 Å². The lowest BCUT2D eigenvalue weighted by Gasteiger charge is -2.35. The van der Waals surface area contributed by atoms with E-state index in [-0.39, 0.29) is 5.41 Å². The third-order valence-electron chi connectivity index (χ3n) is 4.24. The highest BCUT2D eigenvalue weighted by Crippen LogP contribution is 2.61. The second-order valence-electron chi connectivity index (χ2n) is 4.81. The van der Waals surface area contributed by atoms with Gasteiger partial charge >= 0.3 is 0 Å². The Labute approximate surface area is 77.4 Å². The molecule has 0 radical (unpaired) electrons. The van der Waals surface area contributed by atoms with Crippen molar-refractivity contribution < 1.29 is 9.92 Å². The van der Waals surface area contributed by atoms with E-state index in [1.165, 1.54) is 0 Å². The van der Waals surface area contributed by atoms with E-state index in [2.05, 4.69) is 13.8 Å². The molecule has 0 aliphatic heterocycles. The molecule has 0 saturated heterocycles. The fourth-order valence-corrected chi connectivity index (χ4v) is 3.17. The van der Waals surface area contributed by atoms with Crippen LogP contribution < -0.4 is 0 Å². The molecule has 13 heavy (non-hydrogen) atoms. The largest absolute Gasteiger partial charge is 0.307 e. The lowest BCUT2D eigenvalue weighted by Crippen LogP contribution is -2.41. The molecular formula is C9H15NO3. The molecule has 2 bridgehead atoms. The maximum Gasteiger partial charge on any atom is 0.295 e. The van der Waals surface area contributed by atoms with Crippen molar-refractivity contribution in [1.29, 1.82) is 0 Å². The minimum atomic E-state index is -0.616. The van der Waals surface area contributed by atoms with Gasteiger partial charge in [-0.25, -0.2) is 0 Å². The van der Waals surface area contributed by atoms with Gasteiger partial charge in [-0.1, -0.05) is 13.8 Å². The van der Waals surface area contributed by atoms with Gasteiger partial charge in [0.2, 0.25) is 0 Å². The average molecular weight is 185 g/mol. The third kappa shape index (κ3) is 0.974.